The van der Waals surface area contributed by atoms with Gasteiger partial charge in [0.2, 0.25) is 0 Å². The van der Waals surface area contributed by atoms with Crippen LogP contribution in [0.5, 0.6) is 0 Å². The van der Waals surface area contributed by atoms with E-state index in [4.69, 9.17) is 0 Å². The molecule has 1 aliphatic rings. The van der Waals surface area contributed by atoms with Gasteiger partial charge in [0, 0.05) is 0 Å². The van der Waals surface area contributed by atoms with Crippen LogP contribution >= 0.6 is 0 Å². The van der Waals surface area contributed by atoms with E-state index in [1.54, 1.807) is 12.8 Å². The molecule has 26 heavy (non-hydrogen) atoms. The molecule has 0 nitrogen and oxygen atoms in total. The second-order valence-corrected chi connectivity index (χ2v) is 9.48. The summed E-state index contributed by atoms with van der Waals surface area (Å²) in [7, 11) is 0. The highest BCUT2D eigenvalue weighted by Gasteiger charge is 2.31. The van der Waals surface area contributed by atoms with Crippen molar-refractivity contribution in [2.45, 2.75) is 149 Å². The number of unbranched alkanes of at least 4 members (excludes halogenated alkanes) is 14. The van der Waals surface area contributed by atoms with Crippen LogP contribution in [0.25, 0.3) is 0 Å². The van der Waals surface area contributed by atoms with Gasteiger partial charge in [0.1, 0.15) is 0 Å². The molecule has 1 aliphatic carbocycles. The molecule has 1 fully saturated rings. The van der Waals surface area contributed by atoms with Gasteiger partial charge in [0.05, 0.1) is 0 Å². The molecule has 2 unspecified atom stereocenters. The molecule has 0 saturated heterocycles. The maximum Gasteiger partial charge on any atom is -0.0386 e. The average molecular weight is 365 g/mol. The third-order valence-corrected chi connectivity index (χ3v) is 7.25. The van der Waals surface area contributed by atoms with E-state index in [2.05, 4.69) is 20.8 Å². The predicted octanol–water partition coefficient (Wildman–Crippen LogP) is 9.71. The molecular formula is C26H52. The van der Waals surface area contributed by atoms with E-state index in [0.29, 0.717) is 0 Å². The first-order chi connectivity index (χ1) is 12.8. The molecular weight excluding hydrogens is 312 g/mol. The van der Waals surface area contributed by atoms with E-state index < -0.39 is 0 Å². The Morgan fingerprint density at radius 2 is 0.769 bits per heavy atom. The zero-order chi connectivity index (χ0) is 18.9. The van der Waals surface area contributed by atoms with Crippen LogP contribution in [0.2, 0.25) is 0 Å². The van der Waals surface area contributed by atoms with Gasteiger partial charge in [0.15, 0.2) is 0 Å². The third-order valence-electron chi connectivity index (χ3n) is 7.25. The summed E-state index contributed by atoms with van der Waals surface area (Å²) < 4.78 is 0. The van der Waals surface area contributed by atoms with Crippen molar-refractivity contribution >= 4 is 0 Å². The van der Waals surface area contributed by atoms with Gasteiger partial charge in [-0.15, -0.1) is 0 Å². The second-order valence-electron chi connectivity index (χ2n) is 9.48. The molecule has 0 aromatic heterocycles. The molecule has 0 aromatic carbocycles. The lowest BCUT2D eigenvalue weighted by Crippen LogP contribution is -2.11. The molecule has 0 heterocycles. The fourth-order valence-corrected chi connectivity index (χ4v) is 5.23. The average Bonchev–Trinajstić information content (AvgIpc) is 2.99. The molecule has 0 aromatic rings. The number of hydrogen-bond donors (Lipinski definition) is 0. The molecule has 0 spiro atoms. The van der Waals surface area contributed by atoms with Crippen molar-refractivity contribution in [2.24, 2.45) is 17.8 Å². The normalized spacial score (nSPS) is 23.0. The van der Waals surface area contributed by atoms with Gasteiger partial charge in [0.25, 0.3) is 0 Å². The van der Waals surface area contributed by atoms with Crippen molar-refractivity contribution in [2.75, 3.05) is 0 Å². The van der Waals surface area contributed by atoms with Gasteiger partial charge >= 0.3 is 0 Å². The lowest BCUT2D eigenvalue weighted by Gasteiger charge is -2.21. The zero-order valence-corrected chi connectivity index (χ0v) is 18.9. The van der Waals surface area contributed by atoms with E-state index in [-0.39, 0.29) is 0 Å². The van der Waals surface area contributed by atoms with Crippen molar-refractivity contribution in [3.8, 4) is 0 Å². The van der Waals surface area contributed by atoms with Crippen LogP contribution in [-0.4, -0.2) is 0 Å². The maximum atomic E-state index is 2.58. The summed E-state index contributed by atoms with van der Waals surface area (Å²) in [5.74, 6) is 3.15. The first kappa shape index (κ1) is 24.0. The molecule has 1 rings (SSSR count). The monoisotopic (exact) mass is 364 g/mol. The quantitative estimate of drug-likeness (QED) is 0.212. The maximum absolute atomic E-state index is 2.58. The van der Waals surface area contributed by atoms with E-state index in [9.17, 15) is 0 Å². The Hall–Kier alpha value is 0. The molecule has 156 valence electrons. The standard InChI is InChI=1S/C26H52/c1-4-6-8-10-12-14-16-18-20-25-22-23-26(24(25)3)21-19-17-15-13-11-9-7-5-2/h24-26H,4-23H2,1-3H3. The van der Waals surface area contributed by atoms with Gasteiger partial charge in [-0.05, 0) is 30.6 Å². The summed E-state index contributed by atoms with van der Waals surface area (Å²) in [5, 5.41) is 0. The molecule has 0 bridgehead atoms. The molecule has 0 amide bonds. The summed E-state index contributed by atoms with van der Waals surface area (Å²) in [5.41, 5.74) is 0. The van der Waals surface area contributed by atoms with Crippen LogP contribution in [0.4, 0.5) is 0 Å². The highest BCUT2D eigenvalue weighted by Crippen LogP contribution is 2.42. The van der Waals surface area contributed by atoms with Crippen molar-refractivity contribution in [1.82, 2.24) is 0 Å². The summed E-state index contributed by atoms with van der Waals surface area (Å²) in [4.78, 5) is 0. The Morgan fingerprint density at radius 3 is 1.12 bits per heavy atom. The Bertz CT molecular complexity index is 254. The summed E-state index contributed by atoms with van der Waals surface area (Å²) in [6.45, 7) is 7.20. The van der Waals surface area contributed by atoms with Crippen molar-refractivity contribution in [3.05, 3.63) is 0 Å². The van der Waals surface area contributed by atoms with Gasteiger partial charge < -0.3 is 0 Å². The Morgan fingerprint density at radius 1 is 0.462 bits per heavy atom. The van der Waals surface area contributed by atoms with Crippen molar-refractivity contribution < 1.29 is 0 Å². The Labute approximate surface area is 167 Å². The lowest BCUT2D eigenvalue weighted by molar-refractivity contribution is 0.297. The highest BCUT2D eigenvalue weighted by molar-refractivity contribution is 4.82. The van der Waals surface area contributed by atoms with Gasteiger partial charge in [-0.25, -0.2) is 0 Å². The van der Waals surface area contributed by atoms with E-state index in [1.165, 1.54) is 116 Å². The summed E-state index contributed by atoms with van der Waals surface area (Å²) >= 11 is 0. The van der Waals surface area contributed by atoms with Crippen LogP contribution < -0.4 is 0 Å². The molecule has 0 heteroatoms. The van der Waals surface area contributed by atoms with Gasteiger partial charge in [-0.2, -0.15) is 0 Å². The van der Waals surface area contributed by atoms with E-state index in [0.717, 1.165) is 17.8 Å². The predicted molar refractivity (Wildman–Crippen MR) is 120 cm³/mol. The van der Waals surface area contributed by atoms with Crippen LogP contribution in [0.15, 0.2) is 0 Å². The van der Waals surface area contributed by atoms with Crippen molar-refractivity contribution in [3.63, 3.8) is 0 Å². The fourth-order valence-electron chi connectivity index (χ4n) is 5.23. The topological polar surface area (TPSA) is 0 Å². The first-order valence-electron chi connectivity index (χ1n) is 12.8. The summed E-state index contributed by atoms with van der Waals surface area (Å²) in [6, 6.07) is 0. The third kappa shape index (κ3) is 11.7. The van der Waals surface area contributed by atoms with Gasteiger partial charge in [-0.1, -0.05) is 136 Å². The molecule has 0 aliphatic heterocycles. The number of hydrogen-bond acceptors (Lipinski definition) is 0. The lowest BCUT2D eigenvalue weighted by atomic mass is 9.85. The van der Waals surface area contributed by atoms with Crippen LogP contribution in [0.1, 0.15) is 149 Å². The van der Waals surface area contributed by atoms with Crippen molar-refractivity contribution in [1.29, 1.82) is 0 Å². The van der Waals surface area contributed by atoms with E-state index in [1.807, 2.05) is 0 Å². The minimum absolute atomic E-state index is 1.02. The molecule has 2 atom stereocenters. The molecule has 1 saturated carbocycles. The molecule has 0 radical (unpaired) electrons. The minimum atomic E-state index is 1.02. The second kappa shape index (κ2) is 17.1. The summed E-state index contributed by atoms with van der Waals surface area (Å²) in [6.07, 6.45) is 29.7. The first-order valence-corrected chi connectivity index (χ1v) is 12.8. The SMILES string of the molecule is CCCCCCCCCCC1CCC(CCCCCCCCCC)C1C. The number of rotatable bonds is 18. The minimum Gasteiger partial charge on any atom is -0.0654 e. The van der Waals surface area contributed by atoms with Gasteiger partial charge in [-0.3, -0.25) is 0 Å². The smallest absolute Gasteiger partial charge is 0.0386 e. The Kier molecular flexibility index (Phi) is 15.8. The van der Waals surface area contributed by atoms with E-state index >= 15 is 0 Å². The fraction of sp³-hybridized carbons (Fsp3) is 1.00. The highest BCUT2D eigenvalue weighted by atomic mass is 14.4. The molecule has 0 N–H and O–H groups in total. The zero-order valence-electron chi connectivity index (χ0n) is 18.9. The van der Waals surface area contributed by atoms with Crippen LogP contribution in [-0.2, 0) is 0 Å². The largest absolute Gasteiger partial charge is 0.0654 e. The Balaban J connectivity index is 1.93. The van der Waals surface area contributed by atoms with Crippen LogP contribution in [0, 0.1) is 17.8 Å². The van der Waals surface area contributed by atoms with Crippen LogP contribution in [0.3, 0.4) is 0 Å².